The van der Waals surface area contributed by atoms with Crippen LogP contribution in [0.3, 0.4) is 0 Å². The minimum atomic E-state index is -5.51. The number of nitrogens with one attached hydrogen (secondary N) is 1. The molecule has 2 heterocycles. The predicted octanol–water partition coefficient (Wildman–Crippen LogP) is 11.1. The number of carbonyl (C=O) groups excluding carboxylic acids is 1. The summed E-state index contributed by atoms with van der Waals surface area (Å²) in [5.74, 6) is 0.788. The van der Waals surface area contributed by atoms with E-state index in [-0.39, 0.29) is 15.9 Å². The van der Waals surface area contributed by atoms with Gasteiger partial charge in [-0.05, 0) is 146 Å². The summed E-state index contributed by atoms with van der Waals surface area (Å²) in [5, 5.41) is 0.744. The van der Waals surface area contributed by atoms with Gasteiger partial charge in [0.2, 0.25) is 0 Å². The zero-order valence-electron chi connectivity index (χ0n) is 36.3. The van der Waals surface area contributed by atoms with Gasteiger partial charge in [-0.1, -0.05) is 67.4 Å². The number of unbranched alkanes of at least 4 members (excludes halogenated alkanes) is 1. The lowest BCUT2D eigenvalue weighted by atomic mass is 9.73. The number of hydrogen-bond donors (Lipinski definition) is 1. The number of sulfone groups is 1. The number of hydrogen-bond acceptors (Lipinski definition) is 9. The summed E-state index contributed by atoms with van der Waals surface area (Å²) >= 11 is 8.88. The second kappa shape index (κ2) is 22.6. The van der Waals surface area contributed by atoms with E-state index in [2.05, 4.69) is 75.7 Å². The predicted molar refractivity (Wildman–Crippen MR) is 253 cm³/mol. The molecule has 1 amide bonds. The van der Waals surface area contributed by atoms with Crippen LogP contribution in [0.5, 0.6) is 0 Å². The Balaban J connectivity index is 0.000000324. The maximum atomic E-state index is 13.1. The van der Waals surface area contributed by atoms with E-state index >= 15 is 0 Å². The van der Waals surface area contributed by atoms with Gasteiger partial charge in [0.05, 0.1) is 18.1 Å². The minimum absolute atomic E-state index is 0.0258. The maximum Gasteiger partial charge on any atom is 0.501 e. The first-order valence-corrected chi connectivity index (χ1v) is 25.2. The van der Waals surface area contributed by atoms with Crippen molar-refractivity contribution < 1.29 is 31.1 Å². The van der Waals surface area contributed by atoms with Gasteiger partial charge in [0.15, 0.2) is 0 Å². The highest BCUT2D eigenvalue weighted by Crippen LogP contribution is 2.43. The fourth-order valence-electron chi connectivity index (χ4n) is 8.01. The number of amides is 1. The molecule has 8 nitrogen and oxygen atoms in total. The molecular formula is C48H58ClF3N4O4S3. The lowest BCUT2D eigenvalue weighted by Gasteiger charge is -2.39. The Hall–Kier alpha value is -3.50. The third-order valence-corrected chi connectivity index (χ3v) is 15.4. The average molecular weight is 944 g/mol. The van der Waals surface area contributed by atoms with E-state index in [1.54, 1.807) is 12.1 Å². The molecule has 0 atom stereocenters. The summed E-state index contributed by atoms with van der Waals surface area (Å²) in [4.78, 5) is 20.8. The van der Waals surface area contributed by atoms with E-state index in [1.165, 1.54) is 65.8 Å². The van der Waals surface area contributed by atoms with Gasteiger partial charge in [-0.2, -0.15) is 13.2 Å². The molecule has 63 heavy (non-hydrogen) atoms. The third-order valence-electron chi connectivity index (χ3n) is 11.6. The minimum Gasteiger partial charge on any atom is -0.379 e. The number of benzene rings is 4. The summed E-state index contributed by atoms with van der Waals surface area (Å²) in [5.41, 5.74) is 0.428. The standard InChI is InChI=1S/C34H37ClF3N3O3S2.C14H21NOS/c1-23-4-13-29(20-31(23)46(43,44)34(36,37)38)45-39-32(42)25-7-11-28(12-8-25)41-18-16-40(17-19-41)22-26-21-33(2,3)15-14-30(26)24-5-9-27(35)10-6-24;1-2-6-14(7-3-1)17-13-5-4-8-15-9-11-16-12-10-15/h4-13,20H,14-19,21-22H2,1-3H3,(H,39,42);1-3,6-7H,4-5,8-13H2. The number of piperazine rings is 1. The number of alkyl halides is 3. The van der Waals surface area contributed by atoms with E-state index < -0.39 is 26.1 Å². The number of anilines is 1. The van der Waals surface area contributed by atoms with Gasteiger partial charge in [0.1, 0.15) is 0 Å². The molecule has 0 bridgehead atoms. The molecule has 3 aliphatic rings. The van der Waals surface area contributed by atoms with Crippen molar-refractivity contribution in [3.63, 3.8) is 0 Å². The van der Waals surface area contributed by atoms with Gasteiger partial charge in [0, 0.05) is 71.9 Å². The number of ether oxygens (including phenoxy) is 1. The Labute approximate surface area is 385 Å². The van der Waals surface area contributed by atoms with Crippen LogP contribution in [0.25, 0.3) is 5.57 Å². The van der Waals surface area contributed by atoms with Crippen LogP contribution in [-0.2, 0) is 14.6 Å². The Morgan fingerprint density at radius 3 is 2.19 bits per heavy atom. The van der Waals surface area contributed by atoms with E-state index in [0.717, 1.165) is 107 Å². The topological polar surface area (TPSA) is 82.2 Å². The summed E-state index contributed by atoms with van der Waals surface area (Å²) in [6, 6.07) is 29.7. The van der Waals surface area contributed by atoms with E-state index in [0.29, 0.717) is 5.56 Å². The molecule has 0 aromatic heterocycles. The van der Waals surface area contributed by atoms with Crippen molar-refractivity contribution in [1.82, 2.24) is 14.5 Å². The fraction of sp³-hybridized carbons (Fsp3) is 0.438. The highest BCUT2D eigenvalue weighted by atomic mass is 35.5. The molecule has 0 saturated carbocycles. The van der Waals surface area contributed by atoms with Crippen molar-refractivity contribution in [2.45, 2.75) is 73.1 Å². The number of aryl methyl sites for hydroxylation is 1. The second-order valence-electron chi connectivity index (χ2n) is 17.0. The molecule has 0 radical (unpaired) electrons. The van der Waals surface area contributed by atoms with Gasteiger partial charge in [0.25, 0.3) is 15.7 Å². The van der Waals surface area contributed by atoms with Crippen molar-refractivity contribution in [2.75, 3.05) is 76.2 Å². The van der Waals surface area contributed by atoms with Gasteiger partial charge >= 0.3 is 5.51 Å². The summed E-state index contributed by atoms with van der Waals surface area (Å²) in [6.07, 6.45) is 5.91. The number of carbonyl (C=O) groups is 1. The lowest BCUT2D eigenvalue weighted by molar-refractivity contribution is -0.0436. The molecule has 1 N–H and O–H groups in total. The van der Waals surface area contributed by atoms with Gasteiger partial charge < -0.3 is 9.64 Å². The number of halogens is 4. The zero-order valence-corrected chi connectivity index (χ0v) is 39.5. The zero-order chi connectivity index (χ0) is 45.0. The van der Waals surface area contributed by atoms with Crippen molar-refractivity contribution in [3.05, 3.63) is 124 Å². The third kappa shape index (κ3) is 14.2. The fourth-order valence-corrected chi connectivity index (χ4v) is 10.8. The average Bonchev–Trinajstić information content (AvgIpc) is 3.27. The van der Waals surface area contributed by atoms with Crippen LogP contribution in [0.15, 0.2) is 117 Å². The smallest absolute Gasteiger partial charge is 0.379 e. The van der Waals surface area contributed by atoms with Crippen LogP contribution in [0.1, 0.15) is 67.4 Å². The molecule has 340 valence electrons. The van der Waals surface area contributed by atoms with Crippen LogP contribution >= 0.6 is 35.3 Å². The molecule has 15 heteroatoms. The normalized spacial score (nSPS) is 17.5. The summed E-state index contributed by atoms with van der Waals surface area (Å²) in [6.45, 7) is 15.8. The Kier molecular flexibility index (Phi) is 17.6. The first-order chi connectivity index (χ1) is 30.1. The van der Waals surface area contributed by atoms with Crippen molar-refractivity contribution in [1.29, 1.82) is 0 Å². The van der Waals surface area contributed by atoms with Crippen LogP contribution in [0.4, 0.5) is 18.9 Å². The first-order valence-electron chi connectivity index (χ1n) is 21.5. The van der Waals surface area contributed by atoms with Crippen molar-refractivity contribution >= 4 is 62.3 Å². The molecule has 2 saturated heterocycles. The molecule has 2 fully saturated rings. The molecule has 4 aromatic carbocycles. The molecule has 2 aliphatic heterocycles. The Morgan fingerprint density at radius 1 is 0.841 bits per heavy atom. The summed E-state index contributed by atoms with van der Waals surface area (Å²) < 4.78 is 71.0. The Morgan fingerprint density at radius 2 is 1.52 bits per heavy atom. The molecule has 0 unspecified atom stereocenters. The largest absolute Gasteiger partial charge is 0.501 e. The van der Waals surface area contributed by atoms with Crippen LogP contribution in [-0.4, -0.2) is 101 Å². The molecule has 1 aliphatic carbocycles. The van der Waals surface area contributed by atoms with Crippen LogP contribution in [0, 0.1) is 12.3 Å². The maximum absolute atomic E-state index is 13.1. The quantitative estimate of drug-likeness (QED) is 0.0755. The SMILES string of the molecule is Cc1ccc(SNC(=O)c2ccc(N3CCN(CC4=C(c5ccc(Cl)cc5)CCC(C)(C)C4)CC3)cc2)cc1S(=O)(=O)C(F)(F)F.c1ccc(SCCCCN2CCOCC2)cc1. The number of morpholine rings is 1. The molecule has 4 aromatic rings. The van der Waals surface area contributed by atoms with Gasteiger partial charge in [-0.3, -0.25) is 19.3 Å². The Bertz CT molecular complexity index is 2250. The van der Waals surface area contributed by atoms with Gasteiger partial charge in [-0.25, -0.2) is 8.42 Å². The lowest BCUT2D eigenvalue weighted by Crippen LogP contribution is -2.47. The van der Waals surface area contributed by atoms with Crippen molar-refractivity contribution in [3.8, 4) is 0 Å². The van der Waals surface area contributed by atoms with E-state index in [9.17, 15) is 26.4 Å². The van der Waals surface area contributed by atoms with E-state index in [4.69, 9.17) is 16.3 Å². The monoisotopic (exact) mass is 942 g/mol. The van der Waals surface area contributed by atoms with Crippen LogP contribution in [0.2, 0.25) is 5.02 Å². The molecule has 0 spiro atoms. The number of thioether (sulfide) groups is 1. The first kappa shape index (κ1) is 48.9. The van der Waals surface area contributed by atoms with Gasteiger partial charge in [-0.15, -0.1) is 11.8 Å². The highest BCUT2D eigenvalue weighted by Gasteiger charge is 2.47. The number of rotatable bonds is 14. The second-order valence-corrected chi connectivity index (χ2v) is 21.4. The van der Waals surface area contributed by atoms with Crippen molar-refractivity contribution in [2.24, 2.45) is 5.41 Å². The number of allylic oxidation sites excluding steroid dienone is 1. The molecular weight excluding hydrogens is 885 g/mol. The number of nitrogens with zero attached hydrogens (tertiary/aromatic N) is 3. The molecule has 7 rings (SSSR count). The summed E-state index contributed by atoms with van der Waals surface area (Å²) in [7, 11) is -5.51. The van der Waals surface area contributed by atoms with E-state index in [1.807, 2.05) is 36.0 Å². The van der Waals surface area contributed by atoms with Crippen LogP contribution < -0.4 is 9.62 Å². The highest BCUT2D eigenvalue weighted by molar-refractivity contribution is 7.99.